The molecule has 1 atom stereocenters. The van der Waals surface area contributed by atoms with E-state index in [4.69, 9.17) is 19.8 Å². The Labute approximate surface area is 178 Å². The van der Waals surface area contributed by atoms with Gasteiger partial charge in [0.2, 0.25) is 0 Å². The Balaban J connectivity index is 1.59. The number of nitrogens with zero attached hydrogens (tertiary/aromatic N) is 2. The number of pyridine rings is 1. The lowest BCUT2D eigenvalue weighted by Crippen LogP contribution is -2.41. The number of fused-ring (bicyclic) bond motifs is 1. The van der Waals surface area contributed by atoms with E-state index in [0.29, 0.717) is 0 Å². The quantitative estimate of drug-likeness (QED) is 0.621. The fourth-order valence-corrected chi connectivity index (χ4v) is 3.65. The maximum absolute atomic E-state index is 6.19. The Morgan fingerprint density at radius 1 is 1.17 bits per heavy atom. The van der Waals surface area contributed by atoms with E-state index in [1.54, 1.807) is 12.4 Å². The molecule has 1 aromatic carbocycles. The van der Waals surface area contributed by atoms with Crippen LogP contribution in [0.4, 0.5) is 0 Å². The van der Waals surface area contributed by atoms with Crippen molar-refractivity contribution in [2.45, 2.75) is 64.4 Å². The number of aromatic nitrogens is 1. The molecule has 1 unspecified atom stereocenters. The van der Waals surface area contributed by atoms with Gasteiger partial charge in [-0.3, -0.25) is 9.98 Å². The number of benzene rings is 1. The zero-order chi connectivity index (χ0) is 21.4. The highest BCUT2D eigenvalue weighted by molar-refractivity contribution is 6.62. The van der Waals surface area contributed by atoms with Gasteiger partial charge in [-0.2, -0.15) is 0 Å². The Bertz CT molecular complexity index is 965. The molecule has 0 amide bonds. The highest BCUT2D eigenvalue weighted by Crippen LogP contribution is 2.36. The molecule has 0 saturated carbocycles. The van der Waals surface area contributed by atoms with Gasteiger partial charge in [0.15, 0.2) is 0 Å². The summed E-state index contributed by atoms with van der Waals surface area (Å²) >= 11 is 0. The van der Waals surface area contributed by atoms with Crippen LogP contribution in [-0.2, 0) is 14.0 Å². The molecule has 2 N–H and O–H groups in total. The average molecular weight is 407 g/mol. The molecule has 3 heterocycles. The summed E-state index contributed by atoms with van der Waals surface area (Å²) in [6.45, 7) is 8.99. The summed E-state index contributed by atoms with van der Waals surface area (Å²) in [5.74, 6) is 0. The standard InChI is InChI=1S/C23H30BN3O3/c1-22(2)23(3,4)30-24(29-22)19-8-9-20-16(12-19)11-17(14-26-20)18(13-25)15-27-21-7-5-6-10-28-21/h8-9,11-15,21H,5-7,10,25H2,1-4H3/b18-13+,27-15+. The van der Waals surface area contributed by atoms with E-state index in [1.165, 1.54) is 0 Å². The molecule has 2 aliphatic heterocycles. The molecule has 2 fully saturated rings. The van der Waals surface area contributed by atoms with Crippen LogP contribution in [0.5, 0.6) is 0 Å². The number of aliphatic imine (C=N–C) groups is 1. The highest BCUT2D eigenvalue weighted by atomic mass is 16.7. The SMILES string of the molecule is CC1(C)OB(c2ccc3ncc(C(=C/N)/C=N/C4CCCCO4)cc3c2)OC1(C)C. The lowest BCUT2D eigenvalue weighted by Gasteiger charge is -2.32. The van der Waals surface area contributed by atoms with Gasteiger partial charge < -0.3 is 19.8 Å². The molecule has 7 heteroatoms. The third-order valence-electron chi connectivity index (χ3n) is 6.28. The van der Waals surface area contributed by atoms with E-state index in [1.807, 2.05) is 18.3 Å². The Hall–Kier alpha value is -2.22. The van der Waals surface area contributed by atoms with Crippen LogP contribution in [0.25, 0.3) is 16.5 Å². The topological polar surface area (TPSA) is 79.0 Å². The number of hydrogen-bond acceptors (Lipinski definition) is 6. The fraction of sp³-hybridized carbons (Fsp3) is 0.478. The average Bonchev–Trinajstić information content (AvgIpc) is 2.96. The second-order valence-electron chi connectivity index (χ2n) is 8.99. The van der Waals surface area contributed by atoms with Crippen LogP contribution in [-0.4, -0.2) is 42.4 Å². The van der Waals surface area contributed by atoms with Crippen molar-refractivity contribution >= 4 is 35.3 Å². The number of rotatable bonds is 4. The summed E-state index contributed by atoms with van der Waals surface area (Å²) < 4.78 is 18.1. The predicted octanol–water partition coefficient (Wildman–Crippen LogP) is 3.43. The molecular formula is C23H30BN3O3. The van der Waals surface area contributed by atoms with Crippen molar-refractivity contribution in [1.82, 2.24) is 4.98 Å². The Kier molecular flexibility index (Phi) is 5.70. The first-order valence-electron chi connectivity index (χ1n) is 10.6. The first kappa shape index (κ1) is 21.0. The molecule has 0 bridgehead atoms. The molecule has 0 radical (unpaired) electrons. The van der Waals surface area contributed by atoms with Crippen LogP contribution in [0.3, 0.4) is 0 Å². The molecule has 0 spiro atoms. The van der Waals surface area contributed by atoms with E-state index in [2.05, 4.69) is 49.8 Å². The van der Waals surface area contributed by atoms with Crippen LogP contribution in [0.1, 0.15) is 52.5 Å². The maximum atomic E-state index is 6.19. The van der Waals surface area contributed by atoms with Gasteiger partial charge in [0, 0.05) is 41.7 Å². The first-order chi connectivity index (χ1) is 14.3. The summed E-state index contributed by atoms with van der Waals surface area (Å²) in [6, 6.07) is 8.15. The van der Waals surface area contributed by atoms with Gasteiger partial charge in [0.25, 0.3) is 0 Å². The number of nitrogens with two attached hydrogens (primary N) is 1. The minimum Gasteiger partial charge on any atom is -0.404 e. The largest absolute Gasteiger partial charge is 0.494 e. The molecule has 4 rings (SSSR count). The van der Waals surface area contributed by atoms with Crippen molar-refractivity contribution in [3.05, 3.63) is 42.2 Å². The fourth-order valence-electron chi connectivity index (χ4n) is 3.65. The van der Waals surface area contributed by atoms with Gasteiger partial charge in [-0.15, -0.1) is 0 Å². The molecule has 30 heavy (non-hydrogen) atoms. The smallest absolute Gasteiger partial charge is 0.404 e. The third-order valence-corrected chi connectivity index (χ3v) is 6.28. The highest BCUT2D eigenvalue weighted by Gasteiger charge is 2.51. The number of ether oxygens (including phenoxy) is 1. The van der Waals surface area contributed by atoms with Gasteiger partial charge in [-0.25, -0.2) is 0 Å². The normalized spacial score (nSPS) is 24.1. The van der Waals surface area contributed by atoms with Crippen molar-refractivity contribution in [2.75, 3.05) is 6.61 Å². The zero-order valence-corrected chi connectivity index (χ0v) is 18.2. The second-order valence-corrected chi connectivity index (χ2v) is 8.99. The minimum atomic E-state index is -0.405. The summed E-state index contributed by atoms with van der Waals surface area (Å²) in [7, 11) is -0.405. The van der Waals surface area contributed by atoms with Crippen molar-refractivity contribution in [3.8, 4) is 0 Å². The lowest BCUT2D eigenvalue weighted by atomic mass is 9.78. The van der Waals surface area contributed by atoms with Crippen molar-refractivity contribution < 1.29 is 14.0 Å². The van der Waals surface area contributed by atoms with Gasteiger partial charge in [-0.1, -0.05) is 12.1 Å². The van der Waals surface area contributed by atoms with Crippen LogP contribution >= 0.6 is 0 Å². The third kappa shape index (κ3) is 4.15. The summed E-state index contributed by atoms with van der Waals surface area (Å²) in [5, 5.41) is 1.00. The monoisotopic (exact) mass is 407 g/mol. The van der Waals surface area contributed by atoms with Crippen LogP contribution in [0.15, 0.2) is 41.7 Å². The van der Waals surface area contributed by atoms with Crippen molar-refractivity contribution in [3.63, 3.8) is 0 Å². The van der Waals surface area contributed by atoms with Crippen LogP contribution in [0, 0.1) is 0 Å². The van der Waals surface area contributed by atoms with Gasteiger partial charge in [0.05, 0.1) is 16.7 Å². The van der Waals surface area contributed by atoms with Gasteiger partial charge in [0.1, 0.15) is 6.23 Å². The molecule has 0 aliphatic carbocycles. The zero-order valence-electron chi connectivity index (χ0n) is 18.2. The molecule has 2 saturated heterocycles. The molecule has 158 valence electrons. The van der Waals surface area contributed by atoms with E-state index >= 15 is 0 Å². The summed E-state index contributed by atoms with van der Waals surface area (Å²) in [5.41, 5.74) is 8.75. The van der Waals surface area contributed by atoms with Gasteiger partial charge >= 0.3 is 7.12 Å². The Morgan fingerprint density at radius 2 is 1.93 bits per heavy atom. The predicted molar refractivity (Wildman–Crippen MR) is 122 cm³/mol. The number of allylic oxidation sites excluding steroid dienone is 1. The summed E-state index contributed by atoms with van der Waals surface area (Å²) in [4.78, 5) is 9.16. The molecule has 2 aliphatic rings. The van der Waals surface area contributed by atoms with E-state index < -0.39 is 7.12 Å². The molecule has 2 aromatic rings. The van der Waals surface area contributed by atoms with E-state index in [9.17, 15) is 0 Å². The maximum Gasteiger partial charge on any atom is 0.494 e. The molecular weight excluding hydrogens is 377 g/mol. The minimum absolute atomic E-state index is 0.0860. The van der Waals surface area contributed by atoms with E-state index in [0.717, 1.165) is 53.4 Å². The van der Waals surface area contributed by atoms with Crippen LogP contribution in [0.2, 0.25) is 0 Å². The number of hydrogen-bond donors (Lipinski definition) is 1. The first-order valence-corrected chi connectivity index (χ1v) is 10.6. The van der Waals surface area contributed by atoms with Crippen molar-refractivity contribution in [1.29, 1.82) is 0 Å². The molecule has 6 nitrogen and oxygen atoms in total. The van der Waals surface area contributed by atoms with Crippen LogP contribution < -0.4 is 11.2 Å². The van der Waals surface area contributed by atoms with Crippen molar-refractivity contribution in [2.24, 2.45) is 10.7 Å². The second kappa shape index (κ2) is 8.14. The van der Waals surface area contributed by atoms with E-state index in [-0.39, 0.29) is 17.4 Å². The molecule has 1 aromatic heterocycles. The lowest BCUT2D eigenvalue weighted by molar-refractivity contribution is 0.00578. The Morgan fingerprint density at radius 3 is 2.60 bits per heavy atom. The van der Waals surface area contributed by atoms with Gasteiger partial charge in [-0.05, 0) is 64.6 Å². The summed E-state index contributed by atoms with van der Waals surface area (Å²) in [6.07, 6.45) is 8.28.